The maximum absolute atomic E-state index is 12.0. The molecule has 0 amide bonds. The second kappa shape index (κ2) is 7.31. The van der Waals surface area contributed by atoms with E-state index < -0.39 is 18.5 Å². The molecule has 0 N–H and O–H groups in total. The van der Waals surface area contributed by atoms with Gasteiger partial charge in [-0.3, -0.25) is 0 Å². The molecule has 2 aromatic carbocycles. The molecule has 2 aromatic rings. The molecule has 7 heteroatoms. The zero-order valence-electron chi connectivity index (χ0n) is 12.8. The van der Waals surface area contributed by atoms with Crippen LogP contribution in [-0.4, -0.2) is 24.4 Å². The lowest BCUT2D eigenvalue weighted by Crippen LogP contribution is -2.29. The summed E-state index contributed by atoms with van der Waals surface area (Å²) < 4.78 is 11.2. The van der Waals surface area contributed by atoms with Crippen LogP contribution in [0.2, 0.25) is 0 Å². The van der Waals surface area contributed by atoms with E-state index in [9.17, 15) is 14.7 Å². The number of cyclic esters (lactones) is 1. The van der Waals surface area contributed by atoms with Gasteiger partial charge in [0, 0.05) is 15.6 Å². The van der Waals surface area contributed by atoms with Crippen LogP contribution in [0.3, 0.4) is 0 Å². The van der Waals surface area contributed by atoms with Gasteiger partial charge in [-0.25, -0.2) is 9.79 Å². The van der Waals surface area contributed by atoms with Crippen molar-refractivity contribution in [2.75, 3.05) is 6.61 Å². The quantitative estimate of drug-likeness (QED) is 0.565. The number of esters is 1. The fourth-order valence-corrected chi connectivity index (χ4v) is 2.40. The second-order valence-electron chi connectivity index (χ2n) is 5.04. The van der Waals surface area contributed by atoms with Crippen molar-refractivity contribution in [1.82, 2.24) is 0 Å². The van der Waals surface area contributed by atoms with Crippen molar-refractivity contribution in [2.45, 2.75) is 0 Å². The van der Waals surface area contributed by atoms with Crippen molar-refractivity contribution in [3.05, 3.63) is 69.8 Å². The van der Waals surface area contributed by atoms with Gasteiger partial charge in [0.05, 0.1) is 5.97 Å². The predicted octanol–water partition coefficient (Wildman–Crippen LogP) is 1.92. The van der Waals surface area contributed by atoms with Gasteiger partial charge in [0.15, 0.2) is 5.70 Å². The molecule has 1 aliphatic rings. The minimum absolute atomic E-state index is 0.0995. The molecule has 0 saturated carbocycles. The summed E-state index contributed by atoms with van der Waals surface area (Å²) in [7, 11) is 0. The van der Waals surface area contributed by atoms with Crippen LogP contribution in [-0.2, 0) is 14.3 Å². The van der Waals surface area contributed by atoms with E-state index in [0.717, 1.165) is 4.47 Å². The van der Waals surface area contributed by atoms with Crippen LogP contribution in [0.15, 0.2) is 63.7 Å². The highest BCUT2D eigenvalue weighted by Gasteiger charge is 2.24. The Morgan fingerprint density at radius 1 is 1.20 bits per heavy atom. The van der Waals surface area contributed by atoms with Gasteiger partial charge in [-0.15, -0.1) is 0 Å². The van der Waals surface area contributed by atoms with Crippen molar-refractivity contribution >= 4 is 39.8 Å². The standard InChI is InChI=1S/C18H12BrNO5/c19-13-7-5-11(6-8-13)17-20-14(18(23)25-17)9-12-3-1-2-4-15(12)24-10-16(21)22/h1-9H,10H2,(H,21,22)/p-1/b14-9-. The third kappa shape index (κ3) is 4.13. The van der Waals surface area contributed by atoms with E-state index in [-0.39, 0.29) is 11.6 Å². The van der Waals surface area contributed by atoms with Crippen molar-refractivity contribution in [3.63, 3.8) is 0 Å². The molecule has 0 fully saturated rings. The topological polar surface area (TPSA) is 88.0 Å². The number of rotatable bonds is 5. The Hall–Kier alpha value is -2.93. The van der Waals surface area contributed by atoms with Crippen molar-refractivity contribution < 1.29 is 24.2 Å². The van der Waals surface area contributed by atoms with Crippen LogP contribution >= 0.6 is 15.9 Å². The average molecular weight is 401 g/mol. The summed E-state index contributed by atoms with van der Waals surface area (Å²) >= 11 is 3.34. The maximum atomic E-state index is 12.0. The SMILES string of the molecule is O=C([O-])COc1ccccc1/C=C1\N=C(c2ccc(Br)cc2)OC1=O. The zero-order chi connectivity index (χ0) is 17.8. The van der Waals surface area contributed by atoms with Crippen LogP contribution in [0.5, 0.6) is 5.75 Å². The Morgan fingerprint density at radius 2 is 1.92 bits per heavy atom. The number of para-hydroxylation sites is 1. The number of hydrogen-bond donors (Lipinski definition) is 0. The molecule has 1 aliphatic heterocycles. The molecule has 0 atom stereocenters. The molecule has 6 nitrogen and oxygen atoms in total. The lowest BCUT2D eigenvalue weighted by atomic mass is 10.1. The minimum Gasteiger partial charge on any atom is -0.546 e. The largest absolute Gasteiger partial charge is 0.546 e. The number of ether oxygens (including phenoxy) is 2. The van der Waals surface area contributed by atoms with Gasteiger partial charge in [0.2, 0.25) is 5.90 Å². The molecule has 0 radical (unpaired) electrons. The summed E-state index contributed by atoms with van der Waals surface area (Å²) in [5.74, 6) is -1.41. The van der Waals surface area contributed by atoms with E-state index in [1.807, 2.05) is 12.1 Å². The third-order valence-electron chi connectivity index (χ3n) is 3.27. The van der Waals surface area contributed by atoms with Gasteiger partial charge < -0.3 is 19.4 Å². The molecule has 0 aliphatic carbocycles. The predicted molar refractivity (Wildman–Crippen MR) is 91.7 cm³/mol. The number of carbonyl (C=O) groups excluding carboxylic acids is 2. The molecule has 0 unspecified atom stereocenters. The molecule has 0 aromatic heterocycles. The summed E-state index contributed by atoms with van der Waals surface area (Å²) in [6, 6.07) is 13.9. The van der Waals surface area contributed by atoms with Crippen LogP contribution in [0.4, 0.5) is 0 Å². The molecule has 0 spiro atoms. The Balaban J connectivity index is 1.89. The monoisotopic (exact) mass is 400 g/mol. The first-order chi connectivity index (χ1) is 12.0. The van der Waals surface area contributed by atoms with Gasteiger partial charge in [-0.2, -0.15) is 0 Å². The molecule has 0 bridgehead atoms. The number of carbonyl (C=O) groups is 2. The minimum atomic E-state index is -1.33. The molecular weight excluding hydrogens is 390 g/mol. The lowest BCUT2D eigenvalue weighted by Gasteiger charge is -2.09. The van der Waals surface area contributed by atoms with Gasteiger partial charge >= 0.3 is 5.97 Å². The summed E-state index contributed by atoms with van der Waals surface area (Å²) in [6.45, 7) is -0.585. The molecule has 25 heavy (non-hydrogen) atoms. The lowest BCUT2D eigenvalue weighted by molar-refractivity contribution is -0.307. The first-order valence-corrected chi connectivity index (χ1v) is 8.02. The molecule has 3 rings (SSSR count). The maximum Gasteiger partial charge on any atom is 0.363 e. The number of hydrogen-bond acceptors (Lipinski definition) is 6. The molecule has 126 valence electrons. The Morgan fingerprint density at radius 3 is 2.64 bits per heavy atom. The first kappa shape index (κ1) is 16.9. The number of nitrogens with zero attached hydrogens (tertiary/aromatic N) is 1. The van der Waals surface area contributed by atoms with Crippen LogP contribution in [0.1, 0.15) is 11.1 Å². The summed E-state index contributed by atoms with van der Waals surface area (Å²) in [6.07, 6.45) is 1.48. The van der Waals surface area contributed by atoms with E-state index >= 15 is 0 Å². The summed E-state index contributed by atoms with van der Waals surface area (Å²) in [4.78, 5) is 26.8. The van der Waals surface area contributed by atoms with E-state index in [2.05, 4.69) is 20.9 Å². The van der Waals surface area contributed by atoms with E-state index in [0.29, 0.717) is 16.9 Å². The van der Waals surface area contributed by atoms with Gasteiger partial charge in [0.25, 0.3) is 0 Å². The Labute approximate surface area is 151 Å². The number of aliphatic imine (C=N–C) groups is 1. The highest BCUT2D eigenvalue weighted by molar-refractivity contribution is 9.10. The van der Waals surface area contributed by atoms with Crippen LogP contribution in [0, 0.1) is 0 Å². The molecular formula is C18H11BrNO5-. The van der Waals surface area contributed by atoms with Gasteiger partial charge in [-0.05, 0) is 36.4 Å². The van der Waals surface area contributed by atoms with E-state index in [1.54, 1.807) is 36.4 Å². The number of halogens is 1. The first-order valence-electron chi connectivity index (χ1n) is 7.23. The van der Waals surface area contributed by atoms with Crippen molar-refractivity contribution in [3.8, 4) is 5.75 Å². The second-order valence-corrected chi connectivity index (χ2v) is 5.96. The number of carboxylic acid groups (broad SMARTS) is 1. The highest BCUT2D eigenvalue weighted by Crippen LogP contribution is 2.25. The molecule has 0 saturated heterocycles. The highest BCUT2D eigenvalue weighted by atomic mass is 79.9. The third-order valence-corrected chi connectivity index (χ3v) is 3.80. The number of benzene rings is 2. The van der Waals surface area contributed by atoms with E-state index in [1.165, 1.54) is 6.08 Å². The number of carboxylic acids is 1. The van der Waals surface area contributed by atoms with Gasteiger partial charge in [0.1, 0.15) is 12.4 Å². The summed E-state index contributed by atoms with van der Waals surface area (Å²) in [5, 5.41) is 10.6. The average Bonchev–Trinajstić information content (AvgIpc) is 2.95. The Bertz CT molecular complexity index is 887. The van der Waals surface area contributed by atoms with Crippen molar-refractivity contribution in [2.24, 2.45) is 4.99 Å². The number of aliphatic carboxylic acids is 1. The van der Waals surface area contributed by atoms with Crippen LogP contribution < -0.4 is 9.84 Å². The Kier molecular flexibility index (Phi) is 4.95. The fraction of sp³-hybridized carbons (Fsp3) is 0.0556. The van der Waals surface area contributed by atoms with E-state index in [4.69, 9.17) is 9.47 Å². The zero-order valence-corrected chi connectivity index (χ0v) is 14.4. The van der Waals surface area contributed by atoms with Crippen molar-refractivity contribution in [1.29, 1.82) is 0 Å². The van der Waals surface area contributed by atoms with Gasteiger partial charge in [-0.1, -0.05) is 34.1 Å². The molecule has 1 heterocycles. The smallest absolute Gasteiger partial charge is 0.363 e. The normalized spacial score (nSPS) is 15.0. The summed E-state index contributed by atoms with van der Waals surface area (Å²) in [5.41, 5.74) is 1.28. The van der Waals surface area contributed by atoms with Crippen LogP contribution in [0.25, 0.3) is 6.08 Å². The fourth-order valence-electron chi connectivity index (χ4n) is 2.14.